The number of rotatable bonds is 4. The van der Waals surface area contributed by atoms with Crippen LogP contribution in [0.5, 0.6) is 0 Å². The predicted molar refractivity (Wildman–Crippen MR) is 91.2 cm³/mol. The normalized spacial score (nSPS) is 13.6. The van der Waals surface area contributed by atoms with E-state index in [0.717, 1.165) is 34.7 Å². The second-order valence-corrected chi connectivity index (χ2v) is 5.93. The molecular weight excluding hydrogens is 288 g/mol. The second-order valence-electron chi connectivity index (χ2n) is 5.93. The molecule has 0 fully saturated rings. The van der Waals surface area contributed by atoms with Crippen molar-refractivity contribution in [1.29, 1.82) is 0 Å². The molecule has 1 aliphatic heterocycles. The van der Waals surface area contributed by atoms with Crippen LogP contribution in [0.25, 0.3) is 10.8 Å². The largest absolute Gasteiger partial charge is 0.386 e. The van der Waals surface area contributed by atoms with E-state index < -0.39 is 11.9 Å². The molecule has 0 aromatic heterocycles. The van der Waals surface area contributed by atoms with Crippen LogP contribution in [0.3, 0.4) is 0 Å². The number of carbonyl (C=O) groups excluding carboxylic acids is 2. The van der Waals surface area contributed by atoms with Crippen LogP contribution < -0.4 is 0 Å². The van der Waals surface area contributed by atoms with E-state index in [4.69, 9.17) is 4.74 Å². The second kappa shape index (κ2) is 5.80. The van der Waals surface area contributed by atoms with Gasteiger partial charge in [0.15, 0.2) is 0 Å². The number of aryl methyl sites for hydroxylation is 4. The Hall–Kier alpha value is -2.16. The van der Waals surface area contributed by atoms with Crippen molar-refractivity contribution in [3.8, 4) is 0 Å². The van der Waals surface area contributed by atoms with Crippen LogP contribution in [-0.2, 0) is 30.4 Å². The number of benzene rings is 2. The highest BCUT2D eigenvalue weighted by Gasteiger charge is 2.36. The monoisotopic (exact) mass is 310 g/mol. The lowest BCUT2D eigenvalue weighted by atomic mass is 9.83. The van der Waals surface area contributed by atoms with Crippen molar-refractivity contribution in [2.24, 2.45) is 0 Å². The molecule has 2 aromatic rings. The summed E-state index contributed by atoms with van der Waals surface area (Å²) in [4.78, 5) is 24.6. The Morgan fingerprint density at radius 2 is 1.09 bits per heavy atom. The first-order valence-electron chi connectivity index (χ1n) is 8.47. The van der Waals surface area contributed by atoms with Gasteiger partial charge in [-0.3, -0.25) is 0 Å². The van der Waals surface area contributed by atoms with Crippen LogP contribution in [0.2, 0.25) is 0 Å². The first-order valence-corrected chi connectivity index (χ1v) is 8.47. The Kier molecular flexibility index (Phi) is 3.97. The average molecular weight is 310 g/mol. The Labute approximate surface area is 136 Å². The topological polar surface area (TPSA) is 43.4 Å². The van der Waals surface area contributed by atoms with Crippen LogP contribution >= 0.6 is 0 Å². The van der Waals surface area contributed by atoms with E-state index in [1.807, 2.05) is 13.8 Å². The zero-order valence-corrected chi connectivity index (χ0v) is 14.2. The van der Waals surface area contributed by atoms with Gasteiger partial charge in [-0.05, 0) is 58.7 Å². The maximum atomic E-state index is 12.3. The summed E-state index contributed by atoms with van der Waals surface area (Å²) in [5.41, 5.74) is 5.41. The molecule has 2 aromatic carbocycles. The van der Waals surface area contributed by atoms with Crippen molar-refractivity contribution in [3.05, 3.63) is 45.5 Å². The van der Waals surface area contributed by atoms with Gasteiger partial charge in [-0.1, -0.05) is 39.8 Å². The van der Waals surface area contributed by atoms with Gasteiger partial charge in [0.05, 0.1) is 11.1 Å². The first kappa shape index (κ1) is 15.7. The molecule has 0 amide bonds. The zero-order chi connectivity index (χ0) is 16.7. The SMILES string of the molecule is CCc1ccc(CC)c2c(CC)c3c(c(CC)c12)C(=O)OC3=O. The van der Waals surface area contributed by atoms with Crippen LogP contribution in [0.15, 0.2) is 12.1 Å². The standard InChI is InChI=1S/C20H22O3/c1-5-11-9-10-12(6-2)16-14(8-4)18-17(13(7-3)15(11)16)19(21)23-20(18)22/h9-10H,5-8H2,1-4H3. The summed E-state index contributed by atoms with van der Waals surface area (Å²) in [6, 6.07) is 4.32. The maximum absolute atomic E-state index is 12.3. The summed E-state index contributed by atoms with van der Waals surface area (Å²) in [5, 5.41) is 2.33. The smallest absolute Gasteiger partial charge is 0.347 e. The van der Waals surface area contributed by atoms with E-state index in [1.165, 1.54) is 11.1 Å². The average Bonchev–Trinajstić information content (AvgIpc) is 2.86. The van der Waals surface area contributed by atoms with E-state index in [1.54, 1.807) is 0 Å². The molecule has 0 spiro atoms. The summed E-state index contributed by atoms with van der Waals surface area (Å²) < 4.78 is 4.96. The highest BCUT2D eigenvalue weighted by Crippen LogP contribution is 2.39. The third kappa shape index (κ3) is 2.10. The van der Waals surface area contributed by atoms with E-state index in [-0.39, 0.29) is 0 Å². The van der Waals surface area contributed by atoms with Gasteiger partial charge in [0.1, 0.15) is 0 Å². The third-order valence-electron chi connectivity index (χ3n) is 4.90. The quantitative estimate of drug-likeness (QED) is 0.621. The Bertz CT molecular complexity index is 762. The van der Waals surface area contributed by atoms with Gasteiger partial charge in [-0.25, -0.2) is 9.59 Å². The molecule has 23 heavy (non-hydrogen) atoms. The van der Waals surface area contributed by atoms with Crippen LogP contribution in [0.1, 0.15) is 70.7 Å². The van der Waals surface area contributed by atoms with E-state index in [0.29, 0.717) is 24.0 Å². The molecule has 0 N–H and O–H groups in total. The number of hydrogen-bond acceptors (Lipinski definition) is 3. The summed E-state index contributed by atoms with van der Waals surface area (Å²) in [6.45, 7) is 8.33. The number of carbonyl (C=O) groups is 2. The van der Waals surface area contributed by atoms with Crippen molar-refractivity contribution in [2.75, 3.05) is 0 Å². The lowest BCUT2D eigenvalue weighted by Crippen LogP contribution is -2.08. The molecule has 3 heteroatoms. The molecule has 0 saturated carbocycles. The molecule has 0 aliphatic carbocycles. The number of cyclic esters (lactones) is 2. The van der Waals surface area contributed by atoms with E-state index in [2.05, 4.69) is 26.0 Å². The number of ether oxygens (including phenoxy) is 1. The Morgan fingerprint density at radius 1 is 0.696 bits per heavy atom. The molecule has 3 nitrogen and oxygen atoms in total. The molecule has 0 saturated heterocycles. The van der Waals surface area contributed by atoms with Crippen molar-refractivity contribution in [3.63, 3.8) is 0 Å². The van der Waals surface area contributed by atoms with E-state index in [9.17, 15) is 9.59 Å². The van der Waals surface area contributed by atoms with Gasteiger partial charge < -0.3 is 4.74 Å². The number of esters is 2. The fourth-order valence-electron chi connectivity index (χ4n) is 3.86. The minimum absolute atomic E-state index is 0.484. The van der Waals surface area contributed by atoms with Gasteiger partial charge in [0.2, 0.25) is 0 Å². The van der Waals surface area contributed by atoms with Crippen LogP contribution in [0.4, 0.5) is 0 Å². The Balaban J connectivity index is 2.63. The number of fused-ring (bicyclic) bond motifs is 2. The maximum Gasteiger partial charge on any atom is 0.347 e. The number of hydrogen-bond donors (Lipinski definition) is 0. The van der Waals surface area contributed by atoms with Gasteiger partial charge in [0.25, 0.3) is 0 Å². The lowest BCUT2D eigenvalue weighted by Gasteiger charge is -2.19. The highest BCUT2D eigenvalue weighted by molar-refractivity contribution is 6.20. The molecule has 120 valence electrons. The molecule has 0 atom stereocenters. The summed E-state index contributed by atoms with van der Waals surface area (Å²) in [7, 11) is 0. The fourth-order valence-corrected chi connectivity index (χ4v) is 3.86. The van der Waals surface area contributed by atoms with Crippen molar-refractivity contribution in [2.45, 2.75) is 53.4 Å². The molecule has 1 aliphatic rings. The first-order chi connectivity index (χ1) is 11.1. The van der Waals surface area contributed by atoms with E-state index >= 15 is 0 Å². The minimum atomic E-state index is -0.484. The third-order valence-corrected chi connectivity index (χ3v) is 4.90. The zero-order valence-electron chi connectivity index (χ0n) is 14.2. The molecule has 1 heterocycles. The van der Waals surface area contributed by atoms with Crippen molar-refractivity contribution in [1.82, 2.24) is 0 Å². The molecule has 0 radical (unpaired) electrons. The van der Waals surface area contributed by atoms with Crippen LogP contribution in [0, 0.1) is 0 Å². The fraction of sp³-hybridized carbons (Fsp3) is 0.400. The summed E-state index contributed by atoms with van der Waals surface area (Å²) in [5.74, 6) is -0.968. The Morgan fingerprint density at radius 3 is 1.39 bits per heavy atom. The van der Waals surface area contributed by atoms with Gasteiger partial charge in [0, 0.05) is 0 Å². The molecule has 0 unspecified atom stereocenters. The lowest BCUT2D eigenvalue weighted by molar-refractivity contribution is 0.0443. The molecule has 3 rings (SSSR count). The molecule has 0 bridgehead atoms. The predicted octanol–water partition coefficient (Wildman–Crippen LogP) is 4.40. The van der Waals surface area contributed by atoms with Gasteiger partial charge >= 0.3 is 11.9 Å². The summed E-state index contributed by atoms with van der Waals surface area (Å²) >= 11 is 0. The minimum Gasteiger partial charge on any atom is -0.386 e. The van der Waals surface area contributed by atoms with Gasteiger partial charge in [-0.2, -0.15) is 0 Å². The highest BCUT2D eigenvalue weighted by atomic mass is 16.6. The van der Waals surface area contributed by atoms with Crippen molar-refractivity contribution < 1.29 is 14.3 Å². The van der Waals surface area contributed by atoms with Crippen LogP contribution in [-0.4, -0.2) is 11.9 Å². The van der Waals surface area contributed by atoms with Crippen molar-refractivity contribution >= 4 is 22.7 Å². The van der Waals surface area contributed by atoms with Gasteiger partial charge in [-0.15, -0.1) is 0 Å². The summed E-state index contributed by atoms with van der Waals surface area (Å²) in [6.07, 6.45) is 3.23. The molecular formula is C20H22O3.